The second kappa shape index (κ2) is 2.22. The standard InChI is InChI=1S/C9H14O3/c1-4-7-5(12-9(4)10-2)3-6-8(7)11-6/h4-9H,3H2,1-2H3/t4-,5+,6-,7+,8-,9-/m0/s1. The number of methoxy groups -OCH3 is 1. The summed E-state index contributed by atoms with van der Waals surface area (Å²) in [7, 11) is 1.72. The van der Waals surface area contributed by atoms with Crippen molar-refractivity contribution in [2.45, 2.75) is 37.9 Å². The van der Waals surface area contributed by atoms with Crippen LogP contribution in [0.25, 0.3) is 0 Å². The third-order valence-corrected chi connectivity index (χ3v) is 3.47. The number of fused-ring (bicyclic) bond motifs is 3. The van der Waals surface area contributed by atoms with E-state index in [1.165, 1.54) is 0 Å². The first-order chi connectivity index (χ1) is 5.81. The number of epoxide rings is 1. The van der Waals surface area contributed by atoms with Crippen LogP contribution in [0.1, 0.15) is 13.3 Å². The molecule has 0 spiro atoms. The van der Waals surface area contributed by atoms with E-state index >= 15 is 0 Å². The smallest absolute Gasteiger partial charge is 0.160 e. The minimum Gasteiger partial charge on any atom is -0.369 e. The zero-order valence-corrected chi connectivity index (χ0v) is 7.40. The first kappa shape index (κ1) is 7.30. The summed E-state index contributed by atoms with van der Waals surface area (Å²) >= 11 is 0. The molecular formula is C9H14O3. The molecule has 2 heterocycles. The summed E-state index contributed by atoms with van der Waals surface area (Å²) in [5, 5.41) is 0. The molecule has 68 valence electrons. The zero-order valence-electron chi connectivity index (χ0n) is 7.40. The average molecular weight is 170 g/mol. The van der Waals surface area contributed by atoms with Gasteiger partial charge in [-0.25, -0.2) is 0 Å². The van der Waals surface area contributed by atoms with Crippen molar-refractivity contribution in [3.05, 3.63) is 0 Å². The maximum Gasteiger partial charge on any atom is 0.160 e. The topological polar surface area (TPSA) is 31.0 Å². The number of hydrogen-bond donors (Lipinski definition) is 0. The van der Waals surface area contributed by atoms with Gasteiger partial charge in [-0.05, 0) is 0 Å². The van der Waals surface area contributed by atoms with Crippen molar-refractivity contribution in [1.82, 2.24) is 0 Å². The monoisotopic (exact) mass is 170 g/mol. The Labute approximate surface area is 72.0 Å². The Morgan fingerprint density at radius 3 is 2.75 bits per heavy atom. The van der Waals surface area contributed by atoms with Gasteiger partial charge < -0.3 is 14.2 Å². The molecule has 0 aromatic rings. The second-order valence-electron chi connectivity index (χ2n) is 4.09. The summed E-state index contributed by atoms with van der Waals surface area (Å²) in [6, 6.07) is 0. The third kappa shape index (κ3) is 0.767. The van der Waals surface area contributed by atoms with Gasteiger partial charge in [0.2, 0.25) is 0 Å². The van der Waals surface area contributed by atoms with Gasteiger partial charge >= 0.3 is 0 Å². The highest BCUT2D eigenvalue weighted by Crippen LogP contribution is 2.52. The minimum atomic E-state index is 0.00477. The van der Waals surface area contributed by atoms with Crippen molar-refractivity contribution in [1.29, 1.82) is 0 Å². The molecule has 3 fully saturated rings. The van der Waals surface area contributed by atoms with E-state index in [-0.39, 0.29) is 6.29 Å². The molecule has 0 aromatic heterocycles. The van der Waals surface area contributed by atoms with Crippen LogP contribution >= 0.6 is 0 Å². The fourth-order valence-electron chi connectivity index (χ4n) is 2.81. The van der Waals surface area contributed by atoms with E-state index in [0.717, 1.165) is 6.42 Å². The predicted octanol–water partition coefficient (Wildman–Crippen LogP) is 0.781. The van der Waals surface area contributed by atoms with Crippen LogP contribution in [0.3, 0.4) is 0 Å². The van der Waals surface area contributed by atoms with Gasteiger partial charge in [0.1, 0.15) is 0 Å². The van der Waals surface area contributed by atoms with Crippen molar-refractivity contribution < 1.29 is 14.2 Å². The summed E-state index contributed by atoms with van der Waals surface area (Å²) in [4.78, 5) is 0. The molecule has 2 aliphatic heterocycles. The molecule has 0 aromatic carbocycles. The van der Waals surface area contributed by atoms with Crippen molar-refractivity contribution in [3.63, 3.8) is 0 Å². The maximum absolute atomic E-state index is 5.75. The number of hydrogen-bond acceptors (Lipinski definition) is 3. The van der Waals surface area contributed by atoms with Crippen molar-refractivity contribution in [3.8, 4) is 0 Å². The van der Waals surface area contributed by atoms with Gasteiger partial charge in [0.15, 0.2) is 6.29 Å². The molecule has 3 rings (SSSR count). The van der Waals surface area contributed by atoms with Crippen LogP contribution in [0.5, 0.6) is 0 Å². The van der Waals surface area contributed by atoms with Gasteiger partial charge in [0.25, 0.3) is 0 Å². The normalized spacial score (nSPS) is 61.5. The molecule has 6 atom stereocenters. The Bertz CT molecular complexity index is 206. The molecule has 12 heavy (non-hydrogen) atoms. The molecule has 3 aliphatic rings. The van der Waals surface area contributed by atoms with Crippen molar-refractivity contribution in [2.75, 3.05) is 7.11 Å². The van der Waals surface area contributed by atoms with E-state index in [4.69, 9.17) is 14.2 Å². The SMILES string of the molecule is CO[C@H]1O[C@@H]2C[C@@H]3O[C@@H]3[C@@H]2[C@@H]1C. The zero-order chi connectivity index (χ0) is 8.29. The lowest BCUT2D eigenvalue weighted by Crippen LogP contribution is -2.22. The lowest BCUT2D eigenvalue weighted by Gasteiger charge is -2.14. The minimum absolute atomic E-state index is 0.00477. The van der Waals surface area contributed by atoms with Gasteiger partial charge in [0.05, 0.1) is 18.3 Å². The number of rotatable bonds is 1. The quantitative estimate of drug-likeness (QED) is 0.545. The molecule has 0 bridgehead atoms. The molecule has 0 N–H and O–H groups in total. The molecule has 0 amide bonds. The predicted molar refractivity (Wildman–Crippen MR) is 41.6 cm³/mol. The highest BCUT2D eigenvalue weighted by atomic mass is 16.7. The highest BCUT2D eigenvalue weighted by Gasteiger charge is 2.62. The molecule has 0 radical (unpaired) electrons. The van der Waals surface area contributed by atoms with E-state index < -0.39 is 0 Å². The lowest BCUT2D eigenvalue weighted by atomic mass is 9.93. The summed E-state index contributed by atoms with van der Waals surface area (Å²) in [5.74, 6) is 1.09. The van der Waals surface area contributed by atoms with Crippen LogP contribution in [0, 0.1) is 11.8 Å². The fraction of sp³-hybridized carbons (Fsp3) is 1.00. The van der Waals surface area contributed by atoms with Gasteiger partial charge in [-0.3, -0.25) is 0 Å². The van der Waals surface area contributed by atoms with Gasteiger partial charge in [-0.15, -0.1) is 0 Å². The fourth-order valence-corrected chi connectivity index (χ4v) is 2.81. The number of ether oxygens (including phenoxy) is 3. The first-order valence-electron chi connectivity index (χ1n) is 4.65. The van der Waals surface area contributed by atoms with Crippen LogP contribution in [0.2, 0.25) is 0 Å². The summed E-state index contributed by atoms with van der Waals surface area (Å²) in [6.07, 6.45) is 2.50. The van der Waals surface area contributed by atoms with Gasteiger partial charge in [-0.2, -0.15) is 0 Å². The summed E-state index contributed by atoms with van der Waals surface area (Å²) in [5.41, 5.74) is 0. The van der Waals surface area contributed by atoms with Crippen LogP contribution in [0.4, 0.5) is 0 Å². The van der Waals surface area contributed by atoms with E-state index in [0.29, 0.717) is 30.1 Å². The Kier molecular flexibility index (Phi) is 1.35. The van der Waals surface area contributed by atoms with E-state index in [1.807, 2.05) is 0 Å². The average Bonchev–Trinajstić information content (AvgIpc) is 2.59. The second-order valence-corrected chi connectivity index (χ2v) is 4.09. The van der Waals surface area contributed by atoms with Crippen molar-refractivity contribution in [2.24, 2.45) is 11.8 Å². The molecule has 2 saturated heterocycles. The van der Waals surface area contributed by atoms with E-state index in [1.54, 1.807) is 7.11 Å². The summed E-state index contributed by atoms with van der Waals surface area (Å²) in [6.45, 7) is 2.20. The van der Waals surface area contributed by atoms with Crippen molar-refractivity contribution >= 4 is 0 Å². The van der Waals surface area contributed by atoms with E-state index in [9.17, 15) is 0 Å². The Hall–Kier alpha value is -0.120. The molecule has 3 heteroatoms. The lowest BCUT2D eigenvalue weighted by molar-refractivity contribution is -0.130. The molecule has 1 aliphatic carbocycles. The molecule has 0 unspecified atom stereocenters. The Morgan fingerprint density at radius 1 is 1.25 bits per heavy atom. The van der Waals surface area contributed by atoms with Gasteiger partial charge in [0, 0.05) is 25.4 Å². The Morgan fingerprint density at radius 2 is 2.08 bits per heavy atom. The van der Waals surface area contributed by atoms with Crippen LogP contribution in [0.15, 0.2) is 0 Å². The van der Waals surface area contributed by atoms with Crippen LogP contribution in [-0.4, -0.2) is 31.7 Å². The first-order valence-corrected chi connectivity index (χ1v) is 4.65. The third-order valence-electron chi connectivity index (χ3n) is 3.47. The summed E-state index contributed by atoms with van der Waals surface area (Å²) < 4.78 is 16.5. The molecule has 1 saturated carbocycles. The molecular weight excluding hydrogens is 156 g/mol. The maximum atomic E-state index is 5.75. The highest BCUT2D eigenvalue weighted by molar-refractivity contribution is 5.07. The van der Waals surface area contributed by atoms with Gasteiger partial charge in [-0.1, -0.05) is 6.92 Å². The van der Waals surface area contributed by atoms with E-state index in [2.05, 4.69) is 6.92 Å². The Balaban J connectivity index is 1.80. The van der Waals surface area contributed by atoms with Crippen LogP contribution in [-0.2, 0) is 14.2 Å². The van der Waals surface area contributed by atoms with Crippen LogP contribution < -0.4 is 0 Å². The molecule has 3 nitrogen and oxygen atoms in total. The largest absolute Gasteiger partial charge is 0.369 e.